The van der Waals surface area contributed by atoms with Gasteiger partial charge in [0.2, 0.25) is 5.91 Å². The summed E-state index contributed by atoms with van der Waals surface area (Å²) >= 11 is 1.53. The minimum Gasteiger partial charge on any atom is -0.379 e. The Labute approximate surface area is 186 Å². The summed E-state index contributed by atoms with van der Waals surface area (Å²) in [4.78, 5) is 30.6. The molecular formula is C23H27N5O2S. The number of thiazole rings is 1. The SMILES string of the molecule is O=C(Cc1csc(-c2ccccn2)n1)N(CCCN1CCOCC1)Cc1ccncc1. The van der Waals surface area contributed by atoms with Gasteiger partial charge in [-0.1, -0.05) is 6.07 Å². The smallest absolute Gasteiger partial charge is 0.228 e. The number of nitrogens with zero attached hydrogens (tertiary/aromatic N) is 5. The molecule has 0 radical (unpaired) electrons. The summed E-state index contributed by atoms with van der Waals surface area (Å²) in [7, 11) is 0. The second-order valence-corrected chi connectivity index (χ2v) is 8.37. The monoisotopic (exact) mass is 437 g/mol. The van der Waals surface area contributed by atoms with Crippen LogP contribution in [0.4, 0.5) is 0 Å². The molecule has 0 atom stereocenters. The number of ether oxygens (including phenoxy) is 1. The Morgan fingerprint density at radius 2 is 1.97 bits per heavy atom. The van der Waals surface area contributed by atoms with Gasteiger partial charge in [0.1, 0.15) is 5.01 Å². The summed E-state index contributed by atoms with van der Waals surface area (Å²) in [6.45, 7) is 5.80. The lowest BCUT2D eigenvalue weighted by atomic mass is 10.2. The third-order valence-electron chi connectivity index (χ3n) is 5.25. The van der Waals surface area contributed by atoms with Crippen LogP contribution in [0.1, 0.15) is 17.7 Å². The van der Waals surface area contributed by atoms with Crippen LogP contribution in [0.5, 0.6) is 0 Å². The van der Waals surface area contributed by atoms with Gasteiger partial charge in [0.15, 0.2) is 0 Å². The molecule has 4 heterocycles. The molecule has 162 valence electrons. The molecule has 31 heavy (non-hydrogen) atoms. The third-order valence-corrected chi connectivity index (χ3v) is 6.16. The van der Waals surface area contributed by atoms with E-state index in [0.29, 0.717) is 13.0 Å². The molecule has 8 heteroatoms. The van der Waals surface area contributed by atoms with Crippen molar-refractivity contribution in [2.75, 3.05) is 39.4 Å². The summed E-state index contributed by atoms with van der Waals surface area (Å²) in [5.41, 5.74) is 2.72. The number of carbonyl (C=O) groups is 1. The fourth-order valence-electron chi connectivity index (χ4n) is 3.57. The van der Waals surface area contributed by atoms with E-state index >= 15 is 0 Å². The first-order chi connectivity index (χ1) is 15.3. The molecule has 7 nitrogen and oxygen atoms in total. The Kier molecular flexibility index (Phi) is 7.71. The van der Waals surface area contributed by atoms with Gasteiger partial charge in [0.05, 0.1) is 31.0 Å². The zero-order chi connectivity index (χ0) is 21.3. The van der Waals surface area contributed by atoms with Gasteiger partial charge in [-0.25, -0.2) is 4.98 Å². The highest BCUT2D eigenvalue weighted by atomic mass is 32.1. The molecule has 3 aromatic heterocycles. The molecule has 4 rings (SSSR count). The zero-order valence-corrected chi connectivity index (χ0v) is 18.3. The van der Waals surface area contributed by atoms with Crippen LogP contribution in [0, 0.1) is 0 Å². The highest BCUT2D eigenvalue weighted by Crippen LogP contribution is 2.22. The number of aromatic nitrogens is 3. The molecule has 0 bridgehead atoms. The predicted molar refractivity (Wildman–Crippen MR) is 121 cm³/mol. The summed E-state index contributed by atoms with van der Waals surface area (Å²) in [5.74, 6) is 0.0941. The molecular weight excluding hydrogens is 410 g/mol. The molecule has 1 fully saturated rings. The van der Waals surface area contributed by atoms with Gasteiger partial charge in [0, 0.05) is 56.7 Å². The fourth-order valence-corrected chi connectivity index (χ4v) is 4.37. The van der Waals surface area contributed by atoms with Crippen molar-refractivity contribution < 1.29 is 9.53 Å². The molecule has 0 aliphatic carbocycles. The number of carbonyl (C=O) groups excluding carboxylic acids is 1. The van der Waals surface area contributed by atoms with Crippen LogP contribution >= 0.6 is 11.3 Å². The normalized spacial score (nSPS) is 14.5. The van der Waals surface area contributed by atoms with Crippen molar-refractivity contribution in [3.63, 3.8) is 0 Å². The number of morpholine rings is 1. The van der Waals surface area contributed by atoms with E-state index in [1.165, 1.54) is 11.3 Å². The highest BCUT2D eigenvalue weighted by molar-refractivity contribution is 7.13. The molecule has 0 N–H and O–H groups in total. The van der Waals surface area contributed by atoms with Crippen LogP contribution in [0.3, 0.4) is 0 Å². The lowest BCUT2D eigenvalue weighted by Gasteiger charge is -2.28. The van der Waals surface area contributed by atoms with E-state index in [-0.39, 0.29) is 5.91 Å². The van der Waals surface area contributed by atoms with Gasteiger partial charge < -0.3 is 9.64 Å². The first kappa shape index (κ1) is 21.5. The lowest BCUT2D eigenvalue weighted by molar-refractivity contribution is -0.131. The Hall–Kier alpha value is -2.68. The largest absolute Gasteiger partial charge is 0.379 e. The van der Waals surface area contributed by atoms with Gasteiger partial charge in [-0.3, -0.25) is 19.7 Å². The second kappa shape index (κ2) is 11.1. The van der Waals surface area contributed by atoms with Crippen molar-refractivity contribution in [1.82, 2.24) is 24.8 Å². The van der Waals surface area contributed by atoms with Gasteiger partial charge in [-0.15, -0.1) is 11.3 Å². The van der Waals surface area contributed by atoms with E-state index in [9.17, 15) is 4.79 Å². The minimum atomic E-state index is 0.0941. The van der Waals surface area contributed by atoms with Crippen molar-refractivity contribution in [2.24, 2.45) is 0 Å². The van der Waals surface area contributed by atoms with Crippen molar-refractivity contribution in [1.29, 1.82) is 0 Å². The summed E-state index contributed by atoms with van der Waals surface area (Å²) in [6, 6.07) is 9.69. The highest BCUT2D eigenvalue weighted by Gasteiger charge is 2.18. The first-order valence-corrected chi connectivity index (χ1v) is 11.5. The van der Waals surface area contributed by atoms with Crippen LogP contribution in [-0.2, 0) is 22.5 Å². The van der Waals surface area contributed by atoms with Crippen molar-refractivity contribution in [3.05, 3.63) is 65.6 Å². The van der Waals surface area contributed by atoms with Crippen LogP contribution in [0.2, 0.25) is 0 Å². The van der Waals surface area contributed by atoms with E-state index in [2.05, 4.69) is 19.9 Å². The van der Waals surface area contributed by atoms with Crippen molar-refractivity contribution >= 4 is 17.2 Å². The number of hydrogen-bond acceptors (Lipinski definition) is 7. The van der Waals surface area contributed by atoms with Crippen LogP contribution < -0.4 is 0 Å². The zero-order valence-electron chi connectivity index (χ0n) is 17.5. The second-order valence-electron chi connectivity index (χ2n) is 7.51. The lowest BCUT2D eigenvalue weighted by Crippen LogP contribution is -2.39. The van der Waals surface area contributed by atoms with E-state index in [1.807, 2.05) is 40.6 Å². The van der Waals surface area contributed by atoms with E-state index in [1.54, 1.807) is 18.6 Å². The molecule has 0 aromatic carbocycles. The van der Waals surface area contributed by atoms with E-state index in [4.69, 9.17) is 4.74 Å². The number of pyridine rings is 2. The number of rotatable bonds is 9. The standard InChI is InChI=1S/C23H27N5O2S/c29-22(16-20-18-31-23(26-20)21-4-1-2-7-25-21)28(17-19-5-8-24-9-6-19)11-3-10-27-12-14-30-15-13-27/h1-2,4-9,18H,3,10-17H2. The Balaban J connectivity index is 1.38. The Bertz CT molecular complexity index is 945. The quantitative estimate of drug-likeness (QED) is 0.513. The minimum absolute atomic E-state index is 0.0941. The summed E-state index contributed by atoms with van der Waals surface area (Å²) in [5, 5.41) is 2.80. The molecule has 0 spiro atoms. The van der Waals surface area contributed by atoms with Gasteiger partial charge >= 0.3 is 0 Å². The van der Waals surface area contributed by atoms with E-state index < -0.39 is 0 Å². The van der Waals surface area contributed by atoms with Gasteiger partial charge in [0.25, 0.3) is 0 Å². The average Bonchev–Trinajstić information content (AvgIpc) is 3.29. The molecule has 1 aliphatic heterocycles. The molecule has 1 aliphatic rings. The first-order valence-electron chi connectivity index (χ1n) is 10.6. The molecule has 1 saturated heterocycles. The topological polar surface area (TPSA) is 71.5 Å². The van der Waals surface area contributed by atoms with Crippen LogP contribution in [0.15, 0.2) is 54.3 Å². The Morgan fingerprint density at radius 1 is 1.13 bits per heavy atom. The maximum absolute atomic E-state index is 13.2. The predicted octanol–water partition coefficient (Wildman–Crippen LogP) is 2.89. The van der Waals surface area contributed by atoms with Gasteiger partial charge in [-0.05, 0) is 36.2 Å². The number of hydrogen-bond donors (Lipinski definition) is 0. The van der Waals surface area contributed by atoms with Gasteiger partial charge in [-0.2, -0.15) is 0 Å². The Morgan fingerprint density at radius 3 is 2.74 bits per heavy atom. The summed E-state index contributed by atoms with van der Waals surface area (Å²) < 4.78 is 5.42. The van der Waals surface area contributed by atoms with Crippen molar-refractivity contribution in [3.8, 4) is 10.7 Å². The molecule has 0 unspecified atom stereocenters. The molecule has 3 aromatic rings. The third kappa shape index (κ3) is 6.40. The maximum atomic E-state index is 13.2. The van der Waals surface area contributed by atoms with Crippen LogP contribution in [-0.4, -0.2) is 70.1 Å². The fraction of sp³-hybridized carbons (Fsp3) is 0.391. The summed E-state index contributed by atoms with van der Waals surface area (Å²) in [6.07, 6.45) is 6.53. The van der Waals surface area contributed by atoms with Crippen LogP contribution in [0.25, 0.3) is 10.7 Å². The average molecular weight is 438 g/mol. The number of amides is 1. The van der Waals surface area contributed by atoms with Crippen molar-refractivity contribution in [2.45, 2.75) is 19.4 Å². The maximum Gasteiger partial charge on any atom is 0.228 e. The molecule has 1 amide bonds. The van der Waals surface area contributed by atoms with E-state index in [0.717, 1.165) is 67.8 Å². The molecule has 0 saturated carbocycles.